The van der Waals surface area contributed by atoms with Crippen LogP contribution in [0.1, 0.15) is 24.6 Å². The van der Waals surface area contributed by atoms with E-state index in [-0.39, 0.29) is 5.69 Å². The summed E-state index contributed by atoms with van der Waals surface area (Å²) in [4.78, 5) is 5.56. The molecular weight excluding hydrogens is 233 g/mol. The Morgan fingerprint density at radius 3 is 2.59 bits per heavy atom. The monoisotopic (exact) mass is 245 g/mol. The van der Waals surface area contributed by atoms with Crippen LogP contribution in [0.15, 0.2) is 30.3 Å². The van der Waals surface area contributed by atoms with E-state index in [0.29, 0.717) is 5.92 Å². The Labute approximate surface area is 104 Å². The number of benzene rings is 1. The third kappa shape index (κ3) is 2.37. The topological polar surface area (TPSA) is 4.36 Å². The molecule has 0 spiro atoms. The highest BCUT2D eigenvalue weighted by Gasteiger charge is 2.08. The van der Waals surface area contributed by atoms with Crippen molar-refractivity contribution in [1.29, 1.82) is 0 Å². The van der Waals surface area contributed by atoms with Crippen LogP contribution >= 0.6 is 11.3 Å². The van der Waals surface area contributed by atoms with Gasteiger partial charge in [0.25, 0.3) is 0 Å². The quantitative estimate of drug-likeness (QED) is 0.638. The van der Waals surface area contributed by atoms with E-state index >= 15 is 0 Å². The molecule has 0 aliphatic rings. The zero-order valence-corrected chi connectivity index (χ0v) is 10.5. The van der Waals surface area contributed by atoms with Crippen molar-refractivity contribution in [2.75, 3.05) is 0 Å². The van der Waals surface area contributed by atoms with Crippen molar-refractivity contribution in [2.45, 2.75) is 19.8 Å². The molecule has 0 unspecified atom stereocenters. The maximum absolute atomic E-state index is 13.2. The molecule has 0 radical (unpaired) electrons. The largest absolute Gasteiger partial charge is 0.235 e. The second-order valence-corrected chi connectivity index (χ2v) is 5.25. The Balaban J connectivity index is 2.43. The van der Waals surface area contributed by atoms with E-state index in [2.05, 4.69) is 24.8 Å². The van der Waals surface area contributed by atoms with Crippen LogP contribution in [0.4, 0.5) is 10.1 Å². The molecule has 0 saturated heterocycles. The second kappa shape index (κ2) is 4.68. The fraction of sp³-hybridized carbons (Fsp3) is 0.214. The summed E-state index contributed by atoms with van der Waals surface area (Å²) in [7, 11) is 0. The third-order valence-electron chi connectivity index (χ3n) is 2.55. The summed E-state index contributed by atoms with van der Waals surface area (Å²) in [5, 5.41) is 0. The van der Waals surface area contributed by atoms with Gasteiger partial charge in [-0.1, -0.05) is 19.9 Å². The van der Waals surface area contributed by atoms with Gasteiger partial charge in [-0.2, -0.15) is 0 Å². The predicted octanol–water partition coefficient (Wildman–Crippen LogP) is 5.23. The Morgan fingerprint density at radius 2 is 2.00 bits per heavy atom. The van der Waals surface area contributed by atoms with Crippen molar-refractivity contribution in [1.82, 2.24) is 0 Å². The van der Waals surface area contributed by atoms with Gasteiger partial charge in [-0.25, -0.2) is 9.24 Å². The Morgan fingerprint density at radius 1 is 1.24 bits per heavy atom. The van der Waals surface area contributed by atoms with E-state index in [1.807, 2.05) is 6.07 Å². The molecule has 2 aromatic rings. The first-order chi connectivity index (χ1) is 8.11. The van der Waals surface area contributed by atoms with Gasteiger partial charge in [0, 0.05) is 9.75 Å². The first-order valence-electron chi connectivity index (χ1n) is 5.39. The summed E-state index contributed by atoms with van der Waals surface area (Å²) in [6, 6.07) is 8.81. The Kier molecular flexibility index (Phi) is 3.26. The van der Waals surface area contributed by atoms with Gasteiger partial charge in [0.1, 0.15) is 5.82 Å². The van der Waals surface area contributed by atoms with Crippen molar-refractivity contribution in [3.05, 3.63) is 52.4 Å². The average Bonchev–Trinajstić information content (AvgIpc) is 2.79. The lowest BCUT2D eigenvalue weighted by Gasteiger charge is -2.00. The standard InChI is InChI=1S/C14H12FNS/c1-9(2)13-6-7-14(17-13)10-4-5-11(15)12(8-10)16-3/h4-9H,1-2H3. The van der Waals surface area contributed by atoms with E-state index in [1.165, 1.54) is 10.9 Å². The second-order valence-electron chi connectivity index (χ2n) is 4.13. The molecule has 0 saturated carbocycles. The van der Waals surface area contributed by atoms with Crippen molar-refractivity contribution in [3.63, 3.8) is 0 Å². The van der Waals surface area contributed by atoms with E-state index in [4.69, 9.17) is 6.57 Å². The lowest BCUT2D eigenvalue weighted by Crippen LogP contribution is -1.78. The van der Waals surface area contributed by atoms with Crippen molar-refractivity contribution in [3.8, 4) is 10.4 Å². The lowest BCUT2D eigenvalue weighted by molar-refractivity contribution is 0.634. The molecule has 0 atom stereocenters. The molecule has 0 amide bonds. The molecule has 1 aromatic heterocycles. The summed E-state index contributed by atoms with van der Waals surface area (Å²) in [6.45, 7) is 11.2. The smallest absolute Gasteiger partial charge is 0.222 e. The summed E-state index contributed by atoms with van der Waals surface area (Å²) in [5.74, 6) is 0.0407. The molecule has 2 rings (SSSR count). The van der Waals surface area contributed by atoms with Crippen LogP contribution in [0, 0.1) is 12.4 Å². The molecule has 0 fully saturated rings. The van der Waals surface area contributed by atoms with Gasteiger partial charge in [0.2, 0.25) is 5.69 Å². The zero-order valence-electron chi connectivity index (χ0n) is 9.70. The van der Waals surface area contributed by atoms with Gasteiger partial charge in [-0.15, -0.1) is 11.3 Å². The normalized spacial score (nSPS) is 10.5. The van der Waals surface area contributed by atoms with Crippen LogP contribution in [0.5, 0.6) is 0 Å². The molecule has 0 N–H and O–H groups in total. The van der Waals surface area contributed by atoms with Crippen LogP contribution in [-0.4, -0.2) is 0 Å². The van der Waals surface area contributed by atoms with Crippen molar-refractivity contribution in [2.24, 2.45) is 0 Å². The van der Waals surface area contributed by atoms with Crippen molar-refractivity contribution >= 4 is 17.0 Å². The number of thiophene rings is 1. The van der Waals surface area contributed by atoms with Gasteiger partial charge < -0.3 is 0 Å². The van der Waals surface area contributed by atoms with Gasteiger partial charge in [0.15, 0.2) is 0 Å². The molecule has 0 aliphatic carbocycles. The summed E-state index contributed by atoms with van der Waals surface area (Å²) in [5.41, 5.74) is 0.997. The number of halogens is 1. The first-order valence-corrected chi connectivity index (χ1v) is 6.20. The number of rotatable bonds is 2. The third-order valence-corrected chi connectivity index (χ3v) is 3.98. The van der Waals surface area contributed by atoms with Crippen LogP contribution < -0.4 is 0 Å². The molecular formula is C14H12FNS. The predicted molar refractivity (Wildman–Crippen MR) is 70.1 cm³/mol. The highest BCUT2D eigenvalue weighted by molar-refractivity contribution is 7.15. The van der Waals surface area contributed by atoms with E-state index in [1.54, 1.807) is 23.5 Å². The van der Waals surface area contributed by atoms with E-state index < -0.39 is 5.82 Å². The fourth-order valence-corrected chi connectivity index (χ4v) is 2.58. The first kappa shape index (κ1) is 11.8. The van der Waals surface area contributed by atoms with E-state index in [0.717, 1.165) is 10.4 Å². The molecule has 86 valence electrons. The summed E-state index contributed by atoms with van der Waals surface area (Å²) in [6.07, 6.45) is 0. The number of hydrogen-bond donors (Lipinski definition) is 0. The minimum Gasteiger partial charge on any atom is -0.235 e. The van der Waals surface area contributed by atoms with Gasteiger partial charge >= 0.3 is 0 Å². The van der Waals surface area contributed by atoms with E-state index in [9.17, 15) is 4.39 Å². The van der Waals surface area contributed by atoms with Crippen LogP contribution in [-0.2, 0) is 0 Å². The zero-order chi connectivity index (χ0) is 12.4. The SMILES string of the molecule is [C-]#[N+]c1cc(-c2ccc(C(C)C)s2)ccc1F. The maximum atomic E-state index is 13.2. The molecule has 1 heterocycles. The molecule has 1 aromatic carbocycles. The molecule has 17 heavy (non-hydrogen) atoms. The average molecular weight is 245 g/mol. The minimum absolute atomic E-state index is 0.0852. The number of hydrogen-bond acceptors (Lipinski definition) is 1. The minimum atomic E-state index is -0.454. The lowest BCUT2D eigenvalue weighted by atomic mass is 10.1. The summed E-state index contributed by atoms with van der Waals surface area (Å²) < 4.78 is 13.2. The van der Waals surface area contributed by atoms with Gasteiger partial charge in [-0.3, -0.25) is 0 Å². The molecule has 0 aliphatic heterocycles. The molecule has 0 bridgehead atoms. The summed E-state index contributed by atoms with van der Waals surface area (Å²) >= 11 is 1.69. The van der Waals surface area contributed by atoms with Crippen molar-refractivity contribution < 1.29 is 4.39 Å². The van der Waals surface area contributed by atoms with Crippen LogP contribution in [0.3, 0.4) is 0 Å². The highest BCUT2D eigenvalue weighted by Crippen LogP contribution is 2.34. The molecule has 3 heteroatoms. The van der Waals surface area contributed by atoms with Crippen LogP contribution in [0.25, 0.3) is 15.3 Å². The molecule has 1 nitrogen and oxygen atoms in total. The maximum Gasteiger partial charge on any atom is 0.222 e. The fourth-order valence-electron chi connectivity index (χ4n) is 1.57. The van der Waals surface area contributed by atoms with Gasteiger partial charge in [0.05, 0.1) is 6.57 Å². The Bertz CT molecular complexity index is 578. The van der Waals surface area contributed by atoms with Crippen LogP contribution in [0.2, 0.25) is 0 Å². The van der Waals surface area contributed by atoms with Gasteiger partial charge in [-0.05, 0) is 35.7 Å². The Hall–Kier alpha value is -1.66. The highest BCUT2D eigenvalue weighted by atomic mass is 32.1. The number of nitrogens with zero attached hydrogens (tertiary/aromatic N) is 1.